The third kappa shape index (κ3) is 19.8. The molecular weight excluding hydrogens is 574 g/mol. The van der Waals surface area contributed by atoms with Crippen LogP contribution in [0.2, 0.25) is 0 Å². The van der Waals surface area contributed by atoms with E-state index in [4.69, 9.17) is 9.47 Å². The van der Waals surface area contributed by atoms with Crippen LogP contribution in [0.15, 0.2) is 24.3 Å². The molecular formula is C36H67NO8. The molecule has 1 aliphatic heterocycles. The molecule has 7 unspecified atom stereocenters. The summed E-state index contributed by atoms with van der Waals surface area (Å²) >= 11 is 0. The second kappa shape index (κ2) is 27.8. The number of amides is 1. The Hall–Kier alpha value is -1.33. The highest BCUT2D eigenvalue weighted by molar-refractivity contribution is 5.76. The van der Waals surface area contributed by atoms with Crippen molar-refractivity contribution in [1.29, 1.82) is 0 Å². The van der Waals surface area contributed by atoms with Crippen molar-refractivity contribution in [2.24, 2.45) is 0 Å². The van der Waals surface area contributed by atoms with Gasteiger partial charge in [0, 0.05) is 6.42 Å². The highest BCUT2D eigenvalue weighted by atomic mass is 16.7. The van der Waals surface area contributed by atoms with E-state index in [9.17, 15) is 30.3 Å². The van der Waals surface area contributed by atoms with Crippen molar-refractivity contribution >= 4 is 5.91 Å². The Morgan fingerprint density at radius 3 is 1.87 bits per heavy atom. The Morgan fingerprint density at radius 1 is 0.733 bits per heavy atom. The molecule has 0 aromatic carbocycles. The fraction of sp³-hybridized carbons (Fsp3) is 0.861. The summed E-state index contributed by atoms with van der Waals surface area (Å²) in [5.74, 6) is -0.207. The van der Waals surface area contributed by atoms with Crippen LogP contribution < -0.4 is 5.32 Å². The van der Waals surface area contributed by atoms with E-state index in [1.54, 1.807) is 6.08 Å². The van der Waals surface area contributed by atoms with Crippen LogP contribution in [0.4, 0.5) is 0 Å². The van der Waals surface area contributed by atoms with Gasteiger partial charge in [0.25, 0.3) is 0 Å². The number of nitrogens with one attached hydrogen (secondary N) is 1. The minimum atomic E-state index is -1.56. The molecule has 0 aromatic rings. The fourth-order valence-corrected chi connectivity index (χ4v) is 5.52. The standard InChI is InChI=1S/C36H67NO8/c1-3-5-7-9-10-11-12-13-14-15-16-17-18-19-20-21-22-23-25-30(39)29(37-32(40)26-24-8-6-4-2)28-44-36-35(43)34(42)33(41)31(27-38)45-36/h19-20,23,25,29-31,33-36,38-39,41-43H,3-18,21-22,24,26-28H2,1-2H3,(H,37,40)/b20-19+,25-23+. The smallest absolute Gasteiger partial charge is 0.220 e. The predicted octanol–water partition coefficient (Wildman–Crippen LogP) is 5.60. The monoisotopic (exact) mass is 641 g/mol. The van der Waals surface area contributed by atoms with Crippen molar-refractivity contribution in [3.05, 3.63) is 24.3 Å². The van der Waals surface area contributed by atoms with Crippen LogP contribution in [0.3, 0.4) is 0 Å². The summed E-state index contributed by atoms with van der Waals surface area (Å²) in [7, 11) is 0. The van der Waals surface area contributed by atoms with Crippen molar-refractivity contribution in [1.82, 2.24) is 5.32 Å². The molecule has 0 aromatic heterocycles. The first kappa shape index (κ1) is 41.7. The lowest BCUT2D eigenvalue weighted by Gasteiger charge is -2.40. The summed E-state index contributed by atoms with van der Waals surface area (Å²) < 4.78 is 11.0. The zero-order valence-electron chi connectivity index (χ0n) is 28.4. The van der Waals surface area contributed by atoms with Gasteiger partial charge in [-0.05, 0) is 32.1 Å². The summed E-state index contributed by atoms with van der Waals surface area (Å²) in [6, 6.07) is -0.811. The summed E-state index contributed by atoms with van der Waals surface area (Å²) in [6.45, 7) is 3.60. The van der Waals surface area contributed by atoms with E-state index in [-0.39, 0.29) is 12.5 Å². The van der Waals surface area contributed by atoms with Crippen LogP contribution in [0.1, 0.15) is 142 Å². The van der Waals surface area contributed by atoms with E-state index in [1.807, 2.05) is 6.08 Å². The minimum Gasteiger partial charge on any atom is -0.394 e. The van der Waals surface area contributed by atoms with Gasteiger partial charge in [-0.3, -0.25) is 4.79 Å². The molecule has 1 amide bonds. The number of hydrogen-bond donors (Lipinski definition) is 6. The summed E-state index contributed by atoms with van der Waals surface area (Å²) in [5.41, 5.74) is 0. The lowest BCUT2D eigenvalue weighted by Crippen LogP contribution is -2.60. The van der Waals surface area contributed by atoms with Crippen molar-refractivity contribution in [3.8, 4) is 0 Å². The van der Waals surface area contributed by atoms with Gasteiger partial charge in [-0.15, -0.1) is 0 Å². The van der Waals surface area contributed by atoms with E-state index in [0.29, 0.717) is 6.42 Å². The summed E-state index contributed by atoms with van der Waals surface area (Å²) in [5, 5.41) is 53.4. The topological polar surface area (TPSA) is 149 Å². The van der Waals surface area contributed by atoms with Crippen molar-refractivity contribution in [2.75, 3.05) is 13.2 Å². The largest absolute Gasteiger partial charge is 0.394 e. The van der Waals surface area contributed by atoms with E-state index >= 15 is 0 Å². The Morgan fingerprint density at radius 2 is 1.27 bits per heavy atom. The molecule has 7 atom stereocenters. The van der Waals surface area contributed by atoms with Gasteiger partial charge in [-0.1, -0.05) is 128 Å². The van der Waals surface area contributed by atoms with Crippen molar-refractivity contribution in [2.45, 2.75) is 185 Å². The maximum Gasteiger partial charge on any atom is 0.220 e. The molecule has 45 heavy (non-hydrogen) atoms. The van der Waals surface area contributed by atoms with Crippen LogP contribution >= 0.6 is 0 Å². The molecule has 0 spiro atoms. The fourth-order valence-electron chi connectivity index (χ4n) is 5.52. The van der Waals surface area contributed by atoms with E-state index in [1.165, 1.54) is 77.0 Å². The average Bonchev–Trinajstić information content (AvgIpc) is 3.04. The number of hydrogen-bond acceptors (Lipinski definition) is 8. The molecule has 264 valence electrons. The van der Waals surface area contributed by atoms with Gasteiger partial charge < -0.3 is 40.3 Å². The van der Waals surface area contributed by atoms with Crippen LogP contribution in [0, 0.1) is 0 Å². The highest BCUT2D eigenvalue weighted by Gasteiger charge is 2.44. The third-order valence-corrected chi connectivity index (χ3v) is 8.53. The second-order valence-corrected chi connectivity index (χ2v) is 12.7. The molecule has 1 heterocycles. The number of ether oxygens (including phenoxy) is 2. The van der Waals surface area contributed by atoms with Crippen LogP contribution in [0.5, 0.6) is 0 Å². The quantitative estimate of drug-likeness (QED) is 0.0478. The van der Waals surface area contributed by atoms with Gasteiger partial charge in [0.2, 0.25) is 5.91 Å². The highest BCUT2D eigenvalue weighted by Crippen LogP contribution is 2.22. The summed E-state index contributed by atoms with van der Waals surface area (Å²) in [6.07, 6.45) is 22.9. The van der Waals surface area contributed by atoms with Gasteiger partial charge in [0.15, 0.2) is 6.29 Å². The first-order chi connectivity index (χ1) is 21.8. The van der Waals surface area contributed by atoms with Gasteiger partial charge >= 0.3 is 0 Å². The molecule has 1 fully saturated rings. The van der Waals surface area contributed by atoms with E-state index in [2.05, 4.69) is 31.3 Å². The maximum absolute atomic E-state index is 12.6. The van der Waals surface area contributed by atoms with Gasteiger partial charge in [-0.25, -0.2) is 0 Å². The molecule has 0 radical (unpaired) electrons. The molecule has 9 heteroatoms. The zero-order valence-corrected chi connectivity index (χ0v) is 28.4. The zero-order chi connectivity index (χ0) is 33.1. The normalized spacial score (nSPS) is 23.6. The molecule has 1 aliphatic rings. The number of aliphatic hydroxyl groups excluding tert-OH is 5. The molecule has 0 aliphatic carbocycles. The molecule has 0 bridgehead atoms. The Labute approximate surface area is 273 Å². The number of unbranched alkanes of at least 4 members (excludes halogenated alkanes) is 16. The van der Waals surface area contributed by atoms with Crippen LogP contribution in [0.25, 0.3) is 0 Å². The lowest BCUT2D eigenvalue weighted by molar-refractivity contribution is -0.302. The molecule has 0 saturated carbocycles. The van der Waals surface area contributed by atoms with Gasteiger partial charge in [0.05, 0.1) is 25.4 Å². The average molecular weight is 642 g/mol. The molecule has 9 nitrogen and oxygen atoms in total. The molecule has 6 N–H and O–H groups in total. The van der Waals surface area contributed by atoms with E-state index in [0.717, 1.165) is 44.9 Å². The number of aliphatic hydroxyl groups is 5. The minimum absolute atomic E-state index is 0.201. The Balaban J connectivity index is 2.38. The number of rotatable bonds is 28. The molecule has 1 saturated heterocycles. The first-order valence-electron chi connectivity index (χ1n) is 18.1. The number of carbonyl (C=O) groups excluding carboxylic acids is 1. The number of allylic oxidation sites excluding steroid dienone is 3. The van der Waals surface area contributed by atoms with Gasteiger partial charge in [-0.2, -0.15) is 0 Å². The van der Waals surface area contributed by atoms with Crippen molar-refractivity contribution < 1.29 is 39.8 Å². The first-order valence-corrected chi connectivity index (χ1v) is 18.1. The van der Waals surface area contributed by atoms with Crippen LogP contribution in [-0.2, 0) is 14.3 Å². The summed E-state index contributed by atoms with van der Waals surface area (Å²) in [4.78, 5) is 12.6. The lowest BCUT2D eigenvalue weighted by atomic mass is 9.99. The van der Waals surface area contributed by atoms with E-state index < -0.39 is 49.5 Å². The van der Waals surface area contributed by atoms with Gasteiger partial charge in [0.1, 0.15) is 24.4 Å². The second-order valence-electron chi connectivity index (χ2n) is 12.7. The Kier molecular flexibility index (Phi) is 25.7. The molecule has 1 rings (SSSR count). The Bertz CT molecular complexity index is 761. The maximum atomic E-state index is 12.6. The van der Waals surface area contributed by atoms with Crippen LogP contribution in [-0.4, -0.2) is 87.5 Å². The third-order valence-electron chi connectivity index (χ3n) is 8.53. The number of carbonyl (C=O) groups is 1. The SMILES string of the molecule is CCCCCCCCCCCCCC/C=C/CC/C=C/C(O)C(COC1OC(CO)C(O)C(O)C1O)NC(=O)CCCCCC. The predicted molar refractivity (Wildman–Crippen MR) is 180 cm³/mol. The van der Waals surface area contributed by atoms with Crippen molar-refractivity contribution in [3.63, 3.8) is 0 Å².